The average Bonchev–Trinajstić information content (AvgIpc) is 2.98. The molecule has 6 heteroatoms. The molecule has 1 heterocycles. The topological polar surface area (TPSA) is 78.9 Å². The average molecular weight is 278 g/mol. The van der Waals surface area contributed by atoms with Crippen LogP contribution in [-0.2, 0) is 4.79 Å². The molecule has 0 bridgehead atoms. The highest BCUT2D eigenvalue weighted by Crippen LogP contribution is 2.26. The summed E-state index contributed by atoms with van der Waals surface area (Å²) in [5.74, 6) is -0.273. The molecule has 6 nitrogen and oxygen atoms in total. The Morgan fingerprint density at radius 1 is 1.35 bits per heavy atom. The Kier molecular flexibility index (Phi) is 4.45. The van der Waals surface area contributed by atoms with Gasteiger partial charge in [-0.15, -0.1) is 0 Å². The molecule has 1 saturated heterocycles. The smallest absolute Gasteiger partial charge is 0.251 e. The first-order chi connectivity index (χ1) is 9.61. The Morgan fingerprint density at radius 3 is 2.65 bits per heavy atom. The highest BCUT2D eigenvalue weighted by atomic mass is 16.5. The van der Waals surface area contributed by atoms with Crippen molar-refractivity contribution in [2.24, 2.45) is 0 Å². The molecule has 108 valence electrons. The van der Waals surface area contributed by atoms with Crippen molar-refractivity contribution in [1.82, 2.24) is 10.2 Å². The molecule has 0 saturated carbocycles. The molecule has 0 aliphatic carbocycles. The molecule has 1 aromatic carbocycles. The van der Waals surface area contributed by atoms with Crippen LogP contribution in [0.25, 0.3) is 0 Å². The number of carbonyl (C=O) groups excluding carboxylic acids is 2. The minimum atomic E-state index is -0.393. The minimum Gasteiger partial charge on any atom is -0.504 e. The Morgan fingerprint density at radius 2 is 2.05 bits per heavy atom. The van der Waals surface area contributed by atoms with Gasteiger partial charge < -0.3 is 20.1 Å². The van der Waals surface area contributed by atoms with E-state index in [1.54, 1.807) is 4.90 Å². The molecule has 2 rings (SSSR count). The van der Waals surface area contributed by atoms with Crippen LogP contribution in [0, 0.1) is 0 Å². The van der Waals surface area contributed by atoms with Crippen molar-refractivity contribution < 1.29 is 19.4 Å². The zero-order valence-corrected chi connectivity index (χ0v) is 11.4. The molecule has 0 spiro atoms. The number of ether oxygens (including phenoxy) is 1. The van der Waals surface area contributed by atoms with Crippen LogP contribution < -0.4 is 10.1 Å². The summed E-state index contributed by atoms with van der Waals surface area (Å²) in [5.41, 5.74) is 0.289. The van der Waals surface area contributed by atoms with Gasteiger partial charge >= 0.3 is 0 Å². The second kappa shape index (κ2) is 6.27. The second-order valence-corrected chi connectivity index (χ2v) is 4.66. The van der Waals surface area contributed by atoms with E-state index in [0.29, 0.717) is 5.75 Å². The van der Waals surface area contributed by atoms with E-state index in [1.807, 2.05) is 0 Å². The third-order valence-electron chi connectivity index (χ3n) is 3.30. The zero-order chi connectivity index (χ0) is 14.5. The maximum atomic E-state index is 11.9. The van der Waals surface area contributed by atoms with Crippen LogP contribution in [0.5, 0.6) is 11.5 Å². The van der Waals surface area contributed by atoms with Gasteiger partial charge in [0.15, 0.2) is 11.5 Å². The first-order valence-electron chi connectivity index (χ1n) is 6.55. The van der Waals surface area contributed by atoms with E-state index >= 15 is 0 Å². The molecule has 0 unspecified atom stereocenters. The fourth-order valence-electron chi connectivity index (χ4n) is 2.17. The lowest BCUT2D eigenvalue weighted by molar-refractivity contribution is -0.129. The molecule has 2 amide bonds. The summed E-state index contributed by atoms with van der Waals surface area (Å²) in [5, 5.41) is 12.2. The predicted molar refractivity (Wildman–Crippen MR) is 72.8 cm³/mol. The minimum absolute atomic E-state index is 0.0222. The number of amides is 2. The number of carbonyl (C=O) groups is 2. The monoisotopic (exact) mass is 278 g/mol. The quantitative estimate of drug-likeness (QED) is 0.852. The molecule has 1 aliphatic rings. The zero-order valence-electron chi connectivity index (χ0n) is 11.4. The van der Waals surface area contributed by atoms with E-state index in [4.69, 9.17) is 4.74 Å². The molecule has 1 aromatic rings. The van der Waals surface area contributed by atoms with Crippen LogP contribution in [-0.4, -0.2) is 48.6 Å². The van der Waals surface area contributed by atoms with Crippen LogP contribution in [0.1, 0.15) is 23.2 Å². The van der Waals surface area contributed by atoms with Gasteiger partial charge in [-0.1, -0.05) is 0 Å². The summed E-state index contributed by atoms with van der Waals surface area (Å²) in [6.07, 6.45) is 2.04. The number of likely N-dealkylation sites (tertiary alicyclic amines) is 1. The lowest BCUT2D eigenvalue weighted by Gasteiger charge is -2.15. The van der Waals surface area contributed by atoms with Gasteiger partial charge in [0.25, 0.3) is 5.91 Å². The Bertz CT molecular complexity index is 510. The first-order valence-corrected chi connectivity index (χ1v) is 6.55. The summed E-state index contributed by atoms with van der Waals surface area (Å²) < 4.78 is 4.90. The maximum absolute atomic E-state index is 11.9. The normalized spacial score (nSPS) is 14.2. The van der Waals surface area contributed by atoms with Crippen molar-refractivity contribution in [3.05, 3.63) is 23.8 Å². The van der Waals surface area contributed by atoms with E-state index < -0.39 is 5.91 Å². The number of hydrogen-bond donors (Lipinski definition) is 2. The predicted octanol–water partition coefficient (Wildman–Crippen LogP) is 0.753. The molecule has 1 fully saturated rings. The van der Waals surface area contributed by atoms with Crippen molar-refractivity contribution >= 4 is 11.8 Å². The molecular formula is C14H18N2O4. The number of phenols is 1. The molecule has 1 aliphatic heterocycles. The fourth-order valence-corrected chi connectivity index (χ4v) is 2.17. The summed E-state index contributed by atoms with van der Waals surface area (Å²) in [6, 6.07) is 4.36. The van der Waals surface area contributed by atoms with E-state index in [2.05, 4.69) is 5.32 Å². The third kappa shape index (κ3) is 3.20. The number of hydrogen-bond acceptors (Lipinski definition) is 4. The van der Waals surface area contributed by atoms with E-state index in [0.717, 1.165) is 25.9 Å². The van der Waals surface area contributed by atoms with Gasteiger partial charge in [0, 0.05) is 18.7 Å². The van der Waals surface area contributed by atoms with Gasteiger partial charge in [-0.2, -0.15) is 0 Å². The molecule has 20 heavy (non-hydrogen) atoms. The van der Waals surface area contributed by atoms with Gasteiger partial charge in [0.2, 0.25) is 5.91 Å². The molecular weight excluding hydrogens is 260 g/mol. The molecule has 0 atom stereocenters. The molecule has 0 radical (unpaired) electrons. The first kappa shape index (κ1) is 14.2. The lowest BCUT2D eigenvalue weighted by Crippen LogP contribution is -2.38. The van der Waals surface area contributed by atoms with Crippen LogP contribution in [0.2, 0.25) is 0 Å². The number of aromatic hydroxyl groups is 1. The fraction of sp³-hybridized carbons (Fsp3) is 0.429. The number of rotatable bonds is 4. The van der Waals surface area contributed by atoms with Crippen LogP contribution in [0.15, 0.2) is 18.2 Å². The summed E-state index contributed by atoms with van der Waals surface area (Å²) in [7, 11) is 1.43. The Balaban J connectivity index is 1.91. The van der Waals surface area contributed by atoms with Gasteiger partial charge in [-0.05, 0) is 31.0 Å². The summed E-state index contributed by atoms with van der Waals surface area (Å²) in [4.78, 5) is 25.4. The standard InChI is InChI=1S/C14H18N2O4/c1-20-12-5-4-10(8-11(12)17)14(19)15-9-13(18)16-6-2-3-7-16/h4-5,8,17H,2-3,6-7,9H2,1H3,(H,15,19). The number of phenolic OH excluding ortho intramolecular Hbond substituents is 1. The summed E-state index contributed by atoms with van der Waals surface area (Å²) in [6.45, 7) is 1.50. The molecule has 2 N–H and O–H groups in total. The number of nitrogens with one attached hydrogen (secondary N) is 1. The lowest BCUT2D eigenvalue weighted by atomic mass is 10.2. The third-order valence-corrected chi connectivity index (χ3v) is 3.30. The van der Waals surface area contributed by atoms with Crippen LogP contribution in [0.4, 0.5) is 0 Å². The number of nitrogens with zero attached hydrogens (tertiary/aromatic N) is 1. The van der Waals surface area contributed by atoms with E-state index in [1.165, 1.54) is 25.3 Å². The Labute approximate surface area is 117 Å². The molecule has 0 aromatic heterocycles. The van der Waals surface area contributed by atoms with Crippen molar-refractivity contribution in [3.8, 4) is 11.5 Å². The van der Waals surface area contributed by atoms with Gasteiger partial charge in [-0.3, -0.25) is 9.59 Å². The van der Waals surface area contributed by atoms with Gasteiger partial charge in [0.1, 0.15) is 0 Å². The van der Waals surface area contributed by atoms with Gasteiger partial charge in [-0.25, -0.2) is 0 Å². The Hall–Kier alpha value is -2.24. The van der Waals surface area contributed by atoms with E-state index in [9.17, 15) is 14.7 Å². The SMILES string of the molecule is COc1ccc(C(=O)NCC(=O)N2CCCC2)cc1O. The second-order valence-electron chi connectivity index (χ2n) is 4.66. The number of methoxy groups -OCH3 is 1. The van der Waals surface area contributed by atoms with E-state index in [-0.39, 0.29) is 23.8 Å². The number of benzene rings is 1. The van der Waals surface area contributed by atoms with Crippen molar-refractivity contribution in [1.29, 1.82) is 0 Å². The van der Waals surface area contributed by atoms with Crippen molar-refractivity contribution in [2.45, 2.75) is 12.8 Å². The highest BCUT2D eigenvalue weighted by Gasteiger charge is 2.18. The highest BCUT2D eigenvalue weighted by molar-refractivity contribution is 5.97. The maximum Gasteiger partial charge on any atom is 0.251 e. The van der Waals surface area contributed by atoms with Crippen LogP contribution >= 0.6 is 0 Å². The summed E-state index contributed by atoms with van der Waals surface area (Å²) >= 11 is 0. The van der Waals surface area contributed by atoms with Crippen molar-refractivity contribution in [2.75, 3.05) is 26.7 Å². The van der Waals surface area contributed by atoms with Crippen molar-refractivity contribution in [3.63, 3.8) is 0 Å². The van der Waals surface area contributed by atoms with Crippen LogP contribution in [0.3, 0.4) is 0 Å². The largest absolute Gasteiger partial charge is 0.504 e. The van der Waals surface area contributed by atoms with Gasteiger partial charge in [0.05, 0.1) is 13.7 Å².